The predicted octanol–water partition coefficient (Wildman–Crippen LogP) is 1.96. The zero-order valence-corrected chi connectivity index (χ0v) is 22.9. The summed E-state index contributed by atoms with van der Waals surface area (Å²) in [6.07, 6.45) is 0. The van der Waals surface area contributed by atoms with Gasteiger partial charge in [0.15, 0.2) is 11.5 Å². The zero-order chi connectivity index (χ0) is 28.1. The number of carbonyl (C=O) groups is 2. The number of hydrogen-bond donors (Lipinski definition) is 1. The number of methoxy groups -OCH3 is 2. The molecular formula is C31H34N2O6. The van der Waals surface area contributed by atoms with Crippen LogP contribution in [0, 0.1) is 6.92 Å². The van der Waals surface area contributed by atoms with E-state index in [1.165, 1.54) is 19.1 Å². The van der Waals surface area contributed by atoms with Crippen LogP contribution in [0.5, 0.6) is 17.2 Å². The minimum absolute atomic E-state index is 0.0858. The number of ether oxygens (including phenoxy) is 3. The quantitative estimate of drug-likeness (QED) is 0.245. The Morgan fingerprint density at radius 3 is 2.36 bits per heavy atom. The molecule has 0 saturated carbocycles. The average Bonchev–Trinajstić information content (AvgIpc) is 3.20. The maximum Gasteiger partial charge on any atom is 0.295 e. The van der Waals surface area contributed by atoms with Gasteiger partial charge in [0.2, 0.25) is 5.78 Å². The number of carbonyl (C=O) groups excluding carboxylic acids is 2. The summed E-state index contributed by atoms with van der Waals surface area (Å²) in [5, 5.41) is 13.7. The van der Waals surface area contributed by atoms with Crippen LogP contribution < -0.4 is 24.2 Å². The number of rotatable bonds is 10. The number of nitrogens with one attached hydrogen (secondary N) is 1. The van der Waals surface area contributed by atoms with Gasteiger partial charge in [-0.15, -0.1) is 0 Å². The van der Waals surface area contributed by atoms with E-state index in [2.05, 4.69) is 0 Å². The lowest BCUT2D eigenvalue weighted by atomic mass is 9.95. The smallest absolute Gasteiger partial charge is 0.295 e. The third kappa shape index (κ3) is 6.07. The monoisotopic (exact) mass is 530 g/mol. The van der Waals surface area contributed by atoms with Gasteiger partial charge in [-0.2, -0.15) is 0 Å². The van der Waals surface area contributed by atoms with Crippen molar-refractivity contribution >= 4 is 17.4 Å². The second-order valence-electron chi connectivity index (χ2n) is 9.85. The number of nitrogens with zero attached hydrogens (tertiary/aromatic N) is 1. The summed E-state index contributed by atoms with van der Waals surface area (Å²) in [6.45, 7) is 3.28. The Labute approximate surface area is 229 Å². The molecular weight excluding hydrogens is 496 g/mol. The summed E-state index contributed by atoms with van der Waals surface area (Å²) in [7, 11) is 6.96. The van der Waals surface area contributed by atoms with Crippen LogP contribution >= 0.6 is 0 Å². The van der Waals surface area contributed by atoms with E-state index in [9.17, 15) is 14.7 Å². The minimum atomic E-state index is -0.858. The van der Waals surface area contributed by atoms with Crippen molar-refractivity contribution in [3.05, 3.63) is 94.6 Å². The number of hydrogen-bond acceptors (Lipinski definition) is 6. The minimum Gasteiger partial charge on any atom is -0.872 e. The normalized spacial score (nSPS) is 16.6. The van der Waals surface area contributed by atoms with Gasteiger partial charge in [-0.05, 0) is 47.9 Å². The van der Waals surface area contributed by atoms with Gasteiger partial charge in [0.1, 0.15) is 12.4 Å². The first kappa shape index (κ1) is 27.7. The van der Waals surface area contributed by atoms with Crippen LogP contribution in [0.2, 0.25) is 0 Å². The number of amides is 1. The molecule has 204 valence electrons. The van der Waals surface area contributed by atoms with E-state index < -0.39 is 23.5 Å². The van der Waals surface area contributed by atoms with Crippen LogP contribution in [-0.4, -0.2) is 58.0 Å². The van der Waals surface area contributed by atoms with Gasteiger partial charge in [0.05, 0.1) is 47.4 Å². The maximum absolute atomic E-state index is 13.7. The number of likely N-dealkylation sites (N-methyl/N-ethyl adjacent to an activating group) is 1. The van der Waals surface area contributed by atoms with Crippen molar-refractivity contribution in [1.82, 2.24) is 4.90 Å². The number of Topliss-reactive ketones (excluding diaryl/α,β-unsaturated/α-hetero) is 1. The van der Waals surface area contributed by atoms with Crippen LogP contribution in [0.1, 0.15) is 28.3 Å². The van der Waals surface area contributed by atoms with Gasteiger partial charge in [-0.1, -0.05) is 53.8 Å². The molecule has 1 saturated heterocycles. The van der Waals surface area contributed by atoms with Crippen molar-refractivity contribution in [2.75, 3.05) is 41.4 Å². The summed E-state index contributed by atoms with van der Waals surface area (Å²) in [4.78, 5) is 29.1. The van der Waals surface area contributed by atoms with Crippen LogP contribution in [0.3, 0.4) is 0 Å². The van der Waals surface area contributed by atoms with Crippen LogP contribution in [0.4, 0.5) is 0 Å². The third-order valence-corrected chi connectivity index (χ3v) is 6.73. The van der Waals surface area contributed by atoms with E-state index in [1.54, 1.807) is 42.5 Å². The average molecular weight is 531 g/mol. The van der Waals surface area contributed by atoms with Crippen molar-refractivity contribution in [2.45, 2.75) is 19.6 Å². The van der Waals surface area contributed by atoms with Crippen LogP contribution in [-0.2, 0) is 16.2 Å². The summed E-state index contributed by atoms with van der Waals surface area (Å²) in [5.41, 5.74) is 2.96. The van der Waals surface area contributed by atoms with Crippen molar-refractivity contribution in [3.8, 4) is 17.2 Å². The van der Waals surface area contributed by atoms with Gasteiger partial charge in [0.25, 0.3) is 5.91 Å². The first-order valence-electron chi connectivity index (χ1n) is 12.8. The third-order valence-electron chi connectivity index (χ3n) is 6.73. The number of ketones is 1. The second kappa shape index (κ2) is 12.0. The highest BCUT2D eigenvalue weighted by Crippen LogP contribution is 2.41. The van der Waals surface area contributed by atoms with E-state index >= 15 is 0 Å². The Morgan fingerprint density at radius 2 is 1.69 bits per heavy atom. The van der Waals surface area contributed by atoms with Crippen molar-refractivity contribution < 1.29 is 33.8 Å². The molecule has 3 aromatic rings. The highest BCUT2D eigenvalue weighted by molar-refractivity contribution is 6.46. The van der Waals surface area contributed by atoms with Gasteiger partial charge in [-0.25, -0.2) is 0 Å². The van der Waals surface area contributed by atoms with Gasteiger partial charge in [0, 0.05) is 5.57 Å². The number of likely N-dealkylation sites (tertiary alicyclic amines) is 1. The fourth-order valence-corrected chi connectivity index (χ4v) is 4.53. The summed E-state index contributed by atoms with van der Waals surface area (Å²) in [5.74, 6) is -0.540. The molecule has 1 aliphatic rings. The molecule has 0 aromatic heterocycles. The SMILES string of the molecule is COc1cccc(C([O-])=C2C(=O)C(=O)N(CC[NH+](C)C)C2c2ccc(OCc3ccc(C)cc3)c(OC)c2)c1. The largest absolute Gasteiger partial charge is 0.872 e. The Morgan fingerprint density at radius 1 is 0.949 bits per heavy atom. The predicted molar refractivity (Wildman–Crippen MR) is 146 cm³/mol. The highest BCUT2D eigenvalue weighted by atomic mass is 16.5. The number of quaternary nitrogens is 1. The van der Waals surface area contributed by atoms with Crippen LogP contribution in [0.15, 0.2) is 72.3 Å². The topological polar surface area (TPSA) is 92.6 Å². The van der Waals surface area contributed by atoms with Gasteiger partial charge < -0.3 is 29.1 Å². The van der Waals surface area contributed by atoms with Crippen LogP contribution in [0.25, 0.3) is 5.76 Å². The molecule has 0 radical (unpaired) electrons. The van der Waals surface area contributed by atoms with E-state index in [-0.39, 0.29) is 11.1 Å². The van der Waals surface area contributed by atoms with E-state index in [0.29, 0.717) is 42.5 Å². The molecule has 1 aliphatic heterocycles. The Kier molecular flexibility index (Phi) is 8.56. The molecule has 39 heavy (non-hydrogen) atoms. The van der Waals surface area contributed by atoms with E-state index in [1.807, 2.05) is 45.3 Å². The van der Waals surface area contributed by atoms with Crippen molar-refractivity contribution in [1.29, 1.82) is 0 Å². The molecule has 1 heterocycles. The molecule has 0 bridgehead atoms. The molecule has 1 unspecified atom stereocenters. The highest BCUT2D eigenvalue weighted by Gasteiger charge is 2.44. The maximum atomic E-state index is 13.7. The lowest BCUT2D eigenvalue weighted by molar-refractivity contribution is -0.857. The molecule has 0 aliphatic carbocycles. The van der Waals surface area contributed by atoms with Crippen molar-refractivity contribution in [2.24, 2.45) is 0 Å². The molecule has 4 rings (SSSR count). The summed E-state index contributed by atoms with van der Waals surface area (Å²) < 4.78 is 16.9. The van der Waals surface area contributed by atoms with Crippen molar-refractivity contribution in [3.63, 3.8) is 0 Å². The fourth-order valence-electron chi connectivity index (χ4n) is 4.53. The molecule has 1 fully saturated rings. The fraction of sp³-hybridized carbons (Fsp3) is 0.290. The Balaban J connectivity index is 1.75. The van der Waals surface area contributed by atoms with Gasteiger partial charge >= 0.3 is 0 Å². The summed E-state index contributed by atoms with van der Waals surface area (Å²) in [6, 6.07) is 19.0. The molecule has 8 heteroatoms. The number of benzene rings is 3. The molecule has 1 atom stereocenters. The molecule has 1 amide bonds. The first-order chi connectivity index (χ1) is 18.7. The zero-order valence-electron chi connectivity index (χ0n) is 22.9. The Bertz CT molecular complexity index is 1380. The molecule has 1 N–H and O–H groups in total. The lowest BCUT2D eigenvalue weighted by Crippen LogP contribution is -3.06. The second-order valence-corrected chi connectivity index (χ2v) is 9.85. The number of aryl methyl sites for hydroxylation is 1. The lowest BCUT2D eigenvalue weighted by Gasteiger charge is -2.28. The first-order valence-corrected chi connectivity index (χ1v) is 12.8. The van der Waals surface area contributed by atoms with Gasteiger partial charge in [-0.3, -0.25) is 9.59 Å². The van der Waals surface area contributed by atoms with E-state index in [0.717, 1.165) is 16.0 Å². The van der Waals surface area contributed by atoms with E-state index in [4.69, 9.17) is 14.2 Å². The molecule has 8 nitrogen and oxygen atoms in total. The standard InChI is InChI=1S/C31H34N2O6/c1-20-9-11-21(12-10-20)19-39-25-14-13-22(18-26(25)38-5)28-27(29(34)23-7-6-8-24(17-23)37-4)30(35)31(36)33(28)16-15-32(2)3/h6-14,17-18,28,34H,15-16,19H2,1-5H3. The Hall–Kier alpha value is -4.30. The molecule has 0 spiro atoms. The molecule has 3 aromatic carbocycles. The summed E-state index contributed by atoms with van der Waals surface area (Å²) >= 11 is 0.